The molecule has 0 unspecified atom stereocenters. The molecule has 0 atom stereocenters. The van der Waals surface area contributed by atoms with Crippen LogP contribution in [0.25, 0.3) is 5.69 Å². The average molecular weight is 411 g/mol. The number of nitrogens with one attached hydrogen (secondary N) is 2. The second-order valence-electron chi connectivity index (χ2n) is 7.02. The Balaban J connectivity index is 1.67. The third kappa shape index (κ3) is 5.23. The second kappa shape index (κ2) is 9.69. The molecule has 0 radical (unpaired) electrons. The Hall–Kier alpha value is -2.67. The number of nitrogens with zero attached hydrogens (tertiary/aromatic N) is 4. The summed E-state index contributed by atoms with van der Waals surface area (Å²) in [6, 6.07) is 10.2. The molecule has 0 aliphatic rings. The molecule has 3 rings (SSSR count). The molecule has 0 saturated carbocycles. The summed E-state index contributed by atoms with van der Waals surface area (Å²) in [5, 5.41) is 12.6. The van der Waals surface area contributed by atoms with Gasteiger partial charge in [-0.25, -0.2) is 14.7 Å². The number of para-hydroxylation sites is 1. The third-order valence-electron chi connectivity index (χ3n) is 4.89. The number of thiazole rings is 1. The monoisotopic (exact) mass is 410 g/mol. The zero-order chi connectivity index (χ0) is 20.8. The number of aromatic nitrogens is 3. The maximum Gasteiger partial charge on any atom is 0.191 e. The lowest BCUT2D eigenvalue weighted by atomic mass is 10.2. The third-order valence-corrected chi connectivity index (χ3v) is 6.02. The van der Waals surface area contributed by atoms with Gasteiger partial charge in [-0.05, 0) is 46.8 Å². The summed E-state index contributed by atoms with van der Waals surface area (Å²) in [7, 11) is 0. The summed E-state index contributed by atoms with van der Waals surface area (Å²) in [6.07, 6.45) is 0.897. The predicted octanol–water partition coefficient (Wildman–Crippen LogP) is 3.86. The van der Waals surface area contributed by atoms with Crippen LogP contribution in [0.5, 0.6) is 0 Å². The van der Waals surface area contributed by atoms with Gasteiger partial charge in [0.05, 0.1) is 28.6 Å². The predicted molar refractivity (Wildman–Crippen MR) is 121 cm³/mol. The average Bonchev–Trinajstić information content (AvgIpc) is 3.18. The van der Waals surface area contributed by atoms with Crippen molar-refractivity contribution in [2.45, 2.75) is 47.6 Å². The highest BCUT2D eigenvalue weighted by molar-refractivity contribution is 7.11. The van der Waals surface area contributed by atoms with E-state index in [0.717, 1.165) is 53.8 Å². The van der Waals surface area contributed by atoms with Crippen molar-refractivity contribution in [1.82, 2.24) is 25.4 Å². The van der Waals surface area contributed by atoms with Gasteiger partial charge in [0.25, 0.3) is 0 Å². The van der Waals surface area contributed by atoms with Crippen molar-refractivity contribution in [3.05, 3.63) is 62.9 Å². The minimum atomic E-state index is 0.593. The van der Waals surface area contributed by atoms with Crippen molar-refractivity contribution in [3.8, 4) is 5.69 Å². The van der Waals surface area contributed by atoms with E-state index in [-0.39, 0.29) is 0 Å². The molecule has 0 saturated heterocycles. The number of hydrogen-bond acceptors (Lipinski definition) is 4. The molecule has 154 valence electrons. The van der Waals surface area contributed by atoms with E-state index in [1.165, 1.54) is 9.88 Å². The molecule has 29 heavy (non-hydrogen) atoms. The van der Waals surface area contributed by atoms with E-state index in [9.17, 15) is 0 Å². The van der Waals surface area contributed by atoms with Crippen LogP contribution < -0.4 is 10.6 Å². The molecule has 0 spiro atoms. The molecule has 0 amide bonds. The number of guanidine groups is 1. The molecule has 2 aromatic heterocycles. The van der Waals surface area contributed by atoms with Crippen LogP contribution in [0, 0.1) is 27.7 Å². The maximum atomic E-state index is 4.79. The van der Waals surface area contributed by atoms with E-state index in [1.807, 2.05) is 29.8 Å². The normalized spacial score (nSPS) is 11.7. The Kier molecular flexibility index (Phi) is 7.04. The summed E-state index contributed by atoms with van der Waals surface area (Å²) in [5.74, 6) is 0.823. The zero-order valence-electron chi connectivity index (χ0n) is 17.9. The van der Waals surface area contributed by atoms with Crippen LogP contribution in [0.3, 0.4) is 0 Å². The fraction of sp³-hybridized carbons (Fsp3) is 0.409. The van der Waals surface area contributed by atoms with E-state index < -0.39 is 0 Å². The number of aliphatic imine (C=N–C) groups is 1. The first-order valence-corrected chi connectivity index (χ1v) is 10.9. The van der Waals surface area contributed by atoms with Crippen LogP contribution in [0.2, 0.25) is 0 Å². The van der Waals surface area contributed by atoms with Gasteiger partial charge in [-0.3, -0.25) is 0 Å². The Morgan fingerprint density at radius 3 is 2.48 bits per heavy atom. The molecule has 2 heterocycles. The first-order valence-electron chi connectivity index (χ1n) is 10.0. The Morgan fingerprint density at radius 2 is 1.83 bits per heavy atom. The Bertz CT molecular complexity index is 951. The van der Waals surface area contributed by atoms with E-state index in [4.69, 9.17) is 10.1 Å². The summed E-state index contributed by atoms with van der Waals surface area (Å²) in [5.41, 5.74) is 5.51. The van der Waals surface area contributed by atoms with Gasteiger partial charge in [-0.2, -0.15) is 5.10 Å². The van der Waals surface area contributed by atoms with Gasteiger partial charge in [0, 0.05) is 35.6 Å². The molecule has 0 fully saturated rings. The van der Waals surface area contributed by atoms with Gasteiger partial charge in [-0.15, -0.1) is 11.3 Å². The maximum absolute atomic E-state index is 4.79. The van der Waals surface area contributed by atoms with E-state index in [2.05, 4.69) is 55.4 Å². The minimum Gasteiger partial charge on any atom is -0.357 e. The van der Waals surface area contributed by atoms with Crippen molar-refractivity contribution in [1.29, 1.82) is 0 Å². The molecule has 0 bridgehead atoms. The molecule has 7 heteroatoms. The van der Waals surface area contributed by atoms with Gasteiger partial charge < -0.3 is 10.6 Å². The Labute approximate surface area is 177 Å². The van der Waals surface area contributed by atoms with Crippen LogP contribution in [0.4, 0.5) is 0 Å². The molecule has 6 nitrogen and oxygen atoms in total. The minimum absolute atomic E-state index is 0.593. The van der Waals surface area contributed by atoms with Gasteiger partial charge >= 0.3 is 0 Å². The highest BCUT2D eigenvalue weighted by Gasteiger charge is 2.12. The van der Waals surface area contributed by atoms with Crippen molar-refractivity contribution < 1.29 is 0 Å². The number of benzene rings is 1. The van der Waals surface area contributed by atoms with Crippen molar-refractivity contribution in [2.24, 2.45) is 4.99 Å². The number of hydrogen-bond donors (Lipinski definition) is 2. The van der Waals surface area contributed by atoms with Crippen molar-refractivity contribution in [2.75, 3.05) is 13.1 Å². The summed E-state index contributed by atoms with van der Waals surface area (Å²) < 4.78 is 1.99. The molecule has 1 aromatic carbocycles. The highest BCUT2D eigenvalue weighted by Crippen LogP contribution is 2.19. The fourth-order valence-corrected chi connectivity index (χ4v) is 4.09. The molecular weight excluding hydrogens is 380 g/mol. The largest absolute Gasteiger partial charge is 0.357 e. The van der Waals surface area contributed by atoms with Gasteiger partial charge in [-0.1, -0.05) is 18.2 Å². The van der Waals surface area contributed by atoms with Crippen LogP contribution in [-0.2, 0) is 13.0 Å². The lowest BCUT2D eigenvalue weighted by Gasteiger charge is -2.11. The lowest BCUT2D eigenvalue weighted by molar-refractivity contribution is 0.794. The molecular formula is C22H30N6S. The van der Waals surface area contributed by atoms with Crippen molar-refractivity contribution >= 4 is 17.3 Å². The Morgan fingerprint density at radius 1 is 1.07 bits per heavy atom. The van der Waals surface area contributed by atoms with Gasteiger partial charge in [0.1, 0.15) is 0 Å². The van der Waals surface area contributed by atoms with Gasteiger partial charge in [0.2, 0.25) is 0 Å². The first-order chi connectivity index (χ1) is 14.0. The van der Waals surface area contributed by atoms with Crippen molar-refractivity contribution in [3.63, 3.8) is 0 Å². The zero-order valence-corrected chi connectivity index (χ0v) is 18.7. The molecule has 0 aliphatic carbocycles. The summed E-state index contributed by atoms with van der Waals surface area (Å²) in [6.45, 7) is 12.6. The van der Waals surface area contributed by atoms with Crippen LogP contribution in [0.1, 0.15) is 39.5 Å². The molecule has 0 aliphatic heterocycles. The lowest BCUT2D eigenvalue weighted by Crippen LogP contribution is -2.38. The smallest absolute Gasteiger partial charge is 0.191 e. The van der Waals surface area contributed by atoms with Crippen LogP contribution >= 0.6 is 11.3 Å². The van der Waals surface area contributed by atoms with Crippen LogP contribution in [-0.4, -0.2) is 33.8 Å². The van der Waals surface area contributed by atoms with Gasteiger partial charge in [0.15, 0.2) is 5.96 Å². The SMILES string of the molecule is CCNC(=NCc1c(C)nn(-c2ccccc2)c1C)NCCc1nc(C)c(C)s1. The topological polar surface area (TPSA) is 67.1 Å². The fourth-order valence-electron chi connectivity index (χ4n) is 3.16. The number of rotatable bonds is 7. The van der Waals surface area contributed by atoms with E-state index >= 15 is 0 Å². The molecule has 3 aromatic rings. The summed E-state index contributed by atoms with van der Waals surface area (Å²) in [4.78, 5) is 10.7. The highest BCUT2D eigenvalue weighted by atomic mass is 32.1. The number of aryl methyl sites for hydroxylation is 3. The standard InChI is InChI=1S/C22H30N6S/c1-6-23-22(24-13-12-21-26-15(2)18(5)29-21)25-14-20-16(3)27-28(17(20)4)19-10-8-7-9-11-19/h7-11H,6,12-14H2,1-5H3,(H2,23,24,25). The molecule has 2 N–H and O–H groups in total. The quantitative estimate of drug-likeness (QED) is 0.458. The first kappa shape index (κ1) is 21.0. The van der Waals surface area contributed by atoms with E-state index in [0.29, 0.717) is 6.54 Å². The summed E-state index contributed by atoms with van der Waals surface area (Å²) >= 11 is 1.77. The van der Waals surface area contributed by atoms with E-state index in [1.54, 1.807) is 11.3 Å². The van der Waals surface area contributed by atoms with Crippen LogP contribution in [0.15, 0.2) is 35.3 Å². The second-order valence-corrected chi connectivity index (χ2v) is 8.31.